The van der Waals surface area contributed by atoms with Crippen LogP contribution in [0.4, 0.5) is 0 Å². The predicted octanol–water partition coefficient (Wildman–Crippen LogP) is 1.27. The number of aryl methyl sites for hydroxylation is 1. The lowest BCUT2D eigenvalue weighted by atomic mass is 9.98. The van der Waals surface area contributed by atoms with Gasteiger partial charge < -0.3 is 14.7 Å². The van der Waals surface area contributed by atoms with Crippen molar-refractivity contribution in [2.75, 3.05) is 20.2 Å². The number of ether oxygens (including phenoxy) is 1. The van der Waals surface area contributed by atoms with E-state index in [2.05, 4.69) is 5.10 Å². The second kappa shape index (κ2) is 7.61. The van der Waals surface area contributed by atoms with E-state index in [4.69, 9.17) is 4.74 Å². The topological polar surface area (TPSA) is 102 Å². The molecular formula is C19H21N3O5. The quantitative estimate of drug-likeness (QED) is 0.816. The monoisotopic (exact) mass is 371 g/mol. The van der Waals surface area contributed by atoms with Gasteiger partial charge in [0.25, 0.3) is 11.5 Å². The Morgan fingerprint density at radius 3 is 2.78 bits per heavy atom. The van der Waals surface area contributed by atoms with Crippen LogP contribution in [0.3, 0.4) is 0 Å². The molecule has 1 fully saturated rings. The molecule has 1 aromatic heterocycles. The van der Waals surface area contributed by atoms with Crippen LogP contribution < -0.4 is 5.56 Å². The lowest BCUT2D eigenvalue weighted by Gasteiger charge is -2.31. The van der Waals surface area contributed by atoms with E-state index >= 15 is 0 Å². The van der Waals surface area contributed by atoms with Gasteiger partial charge >= 0.3 is 5.97 Å². The van der Waals surface area contributed by atoms with Gasteiger partial charge in [-0.3, -0.25) is 14.4 Å². The summed E-state index contributed by atoms with van der Waals surface area (Å²) in [6, 6.07) is 8.08. The summed E-state index contributed by atoms with van der Waals surface area (Å²) in [5.41, 5.74) is 0.668. The Hall–Kier alpha value is -3.16. The Bertz CT molecular complexity index is 937. The highest BCUT2D eigenvalue weighted by molar-refractivity contribution is 5.95. The van der Waals surface area contributed by atoms with Crippen LogP contribution in [0.2, 0.25) is 0 Å². The number of esters is 1. The Morgan fingerprint density at radius 1 is 1.30 bits per heavy atom. The van der Waals surface area contributed by atoms with Crippen molar-refractivity contribution in [3.8, 4) is 11.4 Å². The zero-order chi connectivity index (χ0) is 19.6. The van der Waals surface area contributed by atoms with E-state index in [-0.39, 0.29) is 18.2 Å². The predicted molar refractivity (Wildman–Crippen MR) is 96.9 cm³/mol. The molecule has 1 N–H and O–H groups in total. The molecule has 2 heterocycles. The first kappa shape index (κ1) is 18.6. The van der Waals surface area contributed by atoms with Crippen LogP contribution >= 0.6 is 0 Å². The minimum atomic E-state index is -0.541. The Kier molecular flexibility index (Phi) is 5.25. The molecular weight excluding hydrogens is 350 g/mol. The third-order valence-electron chi connectivity index (χ3n) is 4.60. The van der Waals surface area contributed by atoms with Crippen molar-refractivity contribution in [2.24, 2.45) is 5.92 Å². The van der Waals surface area contributed by atoms with Crippen molar-refractivity contribution < 1.29 is 19.4 Å². The van der Waals surface area contributed by atoms with Crippen molar-refractivity contribution in [3.05, 3.63) is 51.9 Å². The standard InChI is InChI=1S/C19H21N3O5/c1-12-5-3-7-14(9-12)22-16(24)10-15(23)17(20-22)18(25)21-8-4-6-13(11-21)19(26)27-2/h3,5,7,9-10,13,23H,4,6,8,11H2,1-2H3. The van der Waals surface area contributed by atoms with Gasteiger partial charge in [-0.25, -0.2) is 0 Å². The molecule has 1 atom stereocenters. The summed E-state index contributed by atoms with van der Waals surface area (Å²) in [6.07, 6.45) is 1.28. The molecule has 0 saturated carbocycles. The van der Waals surface area contributed by atoms with Crippen LogP contribution in [-0.2, 0) is 9.53 Å². The lowest BCUT2D eigenvalue weighted by molar-refractivity contribution is -0.146. The van der Waals surface area contributed by atoms with Crippen LogP contribution in [0.5, 0.6) is 5.75 Å². The van der Waals surface area contributed by atoms with Crippen LogP contribution in [0, 0.1) is 12.8 Å². The molecule has 1 aliphatic rings. The van der Waals surface area contributed by atoms with Gasteiger partial charge in [0.2, 0.25) is 0 Å². The first-order chi connectivity index (χ1) is 12.9. The van der Waals surface area contributed by atoms with Gasteiger partial charge in [0.1, 0.15) is 0 Å². The minimum absolute atomic E-state index is 0.191. The van der Waals surface area contributed by atoms with E-state index in [0.29, 0.717) is 25.1 Å². The summed E-state index contributed by atoms with van der Waals surface area (Å²) in [6.45, 7) is 2.51. The number of aromatic nitrogens is 2. The second-order valence-corrected chi connectivity index (χ2v) is 6.58. The van der Waals surface area contributed by atoms with Gasteiger partial charge in [0, 0.05) is 19.2 Å². The van der Waals surface area contributed by atoms with Crippen molar-refractivity contribution >= 4 is 11.9 Å². The van der Waals surface area contributed by atoms with E-state index < -0.39 is 23.1 Å². The highest BCUT2D eigenvalue weighted by Crippen LogP contribution is 2.22. The Balaban J connectivity index is 1.94. The fourth-order valence-corrected chi connectivity index (χ4v) is 3.21. The molecule has 1 aliphatic heterocycles. The van der Waals surface area contributed by atoms with E-state index in [0.717, 1.165) is 16.3 Å². The molecule has 1 amide bonds. The maximum atomic E-state index is 12.9. The van der Waals surface area contributed by atoms with E-state index in [9.17, 15) is 19.5 Å². The van der Waals surface area contributed by atoms with Crippen LogP contribution in [0.15, 0.2) is 35.1 Å². The molecule has 0 bridgehead atoms. The van der Waals surface area contributed by atoms with Crippen molar-refractivity contribution in [1.82, 2.24) is 14.7 Å². The number of benzene rings is 1. The molecule has 2 aromatic rings. The maximum Gasteiger partial charge on any atom is 0.310 e. The third-order valence-corrected chi connectivity index (χ3v) is 4.60. The molecule has 0 aliphatic carbocycles. The third kappa shape index (κ3) is 3.84. The molecule has 27 heavy (non-hydrogen) atoms. The molecule has 8 nitrogen and oxygen atoms in total. The van der Waals surface area contributed by atoms with Crippen molar-refractivity contribution in [2.45, 2.75) is 19.8 Å². The average Bonchev–Trinajstić information content (AvgIpc) is 2.67. The van der Waals surface area contributed by atoms with Crippen LogP contribution in [-0.4, -0.2) is 51.9 Å². The average molecular weight is 371 g/mol. The van der Waals surface area contributed by atoms with Crippen LogP contribution in [0.1, 0.15) is 28.9 Å². The Labute approximate surface area is 156 Å². The smallest absolute Gasteiger partial charge is 0.310 e. The summed E-state index contributed by atoms with van der Waals surface area (Å²) >= 11 is 0. The number of methoxy groups -OCH3 is 1. The molecule has 8 heteroatoms. The highest BCUT2D eigenvalue weighted by Gasteiger charge is 2.31. The van der Waals surface area contributed by atoms with E-state index in [1.165, 1.54) is 12.0 Å². The number of hydrogen-bond acceptors (Lipinski definition) is 6. The summed E-state index contributed by atoms with van der Waals surface area (Å²) in [4.78, 5) is 38.4. The molecule has 0 spiro atoms. The van der Waals surface area contributed by atoms with Gasteiger partial charge in [-0.05, 0) is 37.5 Å². The largest absolute Gasteiger partial charge is 0.505 e. The second-order valence-electron chi connectivity index (χ2n) is 6.58. The number of nitrogens with zero attached hydrogens (tertiary/aromatic N) is 3. The first-order valence-corrected chi connectivity index (χ1v) is 8.68. The number of likely N-dealkylation sites (tertiary alicyclic amines) is 1. The van der Waals surface area contributed by atoms with Gasteiger partial charge in [-0.15, -0.1) is 0 Å². The first-order valence-electron chi connectivity index (χ1n) is 8.68. The highest BCUT2D eigenvalue weighted by atomic mass is 16.5. The molecule has 3 rings (SSSR count). The van der Waals surface area contributed by atoms with Crippen molar-refractivity contribution in [3.63, 3.8) is 0 Å². The fraction of sp³-hybridized carbons (Fsp3) is 0.368. The SMILES string of the molecule is COC(=O)C1CCCN(C(=O)c2nn(-c3cccc(C)c3)c(=O)cc2O)C1. The number of piperidine rings is 1. The van der Waals surface area contributed by atoms with E-state index in [1.54, 1.807) is 18.2 Å². The van der Waals surface area contributed by atoms with Crippen LogP contribution in [0.25, 0.3) is 5.69 Å². The fourth-order valence-electron chi connectivity index (χ4n) is 3.21. The van der Waals surface area contributed by atoms with Gasteiger partial charge in [-0.1, -0.05) is 12.1 Å². The number of rotatable bonds is 3. The molecule has 1 aromatic carbocycles. The lowest BCUT2D eigenvalue weighted by Crippen LogP contribution is -2.43. The van der Waals surface area contributed by atoms with Crippen molar-refractivity contribution in [1.29, 1.82) is 0 Å². The van der Waals surface area contributed by atoms with Gasteiger partial charge in [0.15, 0.2) is 11.4 Å². The number of carbonyl (C=O) groups excluding carboxylic acids is 2. The summed E-state index contributed by atoms with van der Waals surface area (Å²) in [7, 11) is 1.31. The minimum Gasteiger partial charge on any atom is -0.505 e. The molecule has 0 radical (unpaired) electrons. The molecule has 142 valence electrons. The summed E-state index contributed by atoms with van der Waals surface area (Å²) in [5.74, 6) is -1.77. The number of amides is 1. The van der Waals surface area contributed by atoms with E-state index in [1.807, 2.05) is 13.0 Å². The number of carbonyl (C=O) groups is 2. The number of hydrogen-bond donors (Lipinski definition) is 1. The zero-order valence-corrected chi connectivity index (χ0v) is 15.2. The number of aromatic hydroxyl groups is 1. The summed E-state index contributed by atoms with van der Waals surface area (Å²) < 4.78 is 5.85. The van der Waals surface area contributed by atoms with Gasteiger partial charge in [-0.2, -0.15) is 9.78 Å². The normalized spacial score (nSPS) is 16.8. The van der Waals surface area contributed by atoms with Gasteiger partial charge in [0.05, 0.1) is 18.7 Å². The molecule has 1 saturated heterocycles. The summed E-state index contributed by atoms with van der Waals surface area (Å²) in [5, 5.41) is 14.2. The zero-order valence-electron chi connectivity index (χ0n) is 15.2. The molecule has 1 unspecified atom stereocenters. The maximum absolute atomic E-state index is 12.9. The Morgan fingerprint density at radius 2 is 2.07 bits per heavy atom.